The summed E-state index contributed by atoms with van der Waals surface area (Å²) < 4.78 is 0. The van der Waals surface area contributed by atoms with Gasteiger partial charge in [-0.2, -0.15) is 11.8 Å². The lowest BCUT2D eigenvalue weighted by Crippen LogP contribution is -2.60. The third-order valence-electron chi connectivity index (χ3n) is 19.7. The molecule has 700 valence electrons. The lowest BCUT2D eigenvalue weighted by atomic mass is 10.0. The van der Waals surface area contributed by atoms with Crippen LogP contribution in [0.4, 0.5) is 4.79 Å². The summed E-state index contributed by atoms with van der Waals surface area (Å²) in [6.45, 7) is -0.476. The number of nitrogens with two attached hydrogens (primary N) is 9. The summed E-state index contributed by atoms with van der Waals surface area (Å²) >= 11 is 1.74. The van der Waals surface area contributed by atoms with Gasteiger partial charge in [0.25, 0.3) is 0 Å². The van der Waals surface area contributed by atoms with Crippen LogP contribution in [0.5, 0.6) is 5.75 Å². The highest BCUT2D eigenvalue weighted by Gasteiger charge is 2.43. The number of phenols is 1. The van der Waals surface area contributed by atoms with Crippen LogP contribution in [0.1, 0.15) is 160 Å². The van der Waals surface area contributed by atoms with Crippen molar-refractivity contribution in [3.8, 4) is 5.75 Å². The molecule has 2 saturated heterocycles. The van der Waals surface area contributed by atoms with E-state index in [9.17, 15) is 77.3 Å². The number of nitrogens with one attached hydrogen (secondary N) is 25. The first-order valence-corrected chi connectivity index (χ1v) is 42.6. The fraction of sp³-hybridized carbons (Fsp3) is 0.649. The second-order valence-corrected chi connectivity index (χ2v) is 31.3. The number of primary amides is 1. The van der Waals surface area contributed by atoms with Crippen LogP contribution in [0.3, 0.4) is 0 Å². The number of fused-ring (bicyclic) bond motifs is 1. The van der Waals surface area contributed by atoms with Gasteiger partial charge in [0.15, 0.2) is 35.8 Å². The standard InChI is InChI=1S/C74H132N34O16S/c75-29-5-3-13-43(99-59(114)42(15-7-31-90-68(78)79)97-56(112)38-96-58(113)51(37-40-23-25-41(109)26-24-40)98-55(111)22-2-1-21-53-57-52(39-125-53)107-74(124)108-57)60(115)100-44(14-4-6-30-76)61(116)101-45(16-8-32-91-69(80)81)62(117)102-47(18-10-34-93-71(84)85)64(119)105-49(27-28-54(77)110)66(121)104-46(17-9-33-92-70(82)83)63(118)103-48(19-11-35-94-72(86)87)65(120)106-50(67(122)123)20-12-36-95-73(88)89/h23-26,42-53,57,109H,1-22,27-39,75-76H2,(H2,77,110)(H,96,113)(H,97,112)(H,98,111)(H,99,114)(H,100,115)(H,101,116)(H,102,117)(H,103,118)(H,104,121)(H,105,119)(H,106,120)(H,122,123)(H4,78,79,90)(H4,80,81,91)(H4,82,83,92)(H4,84,85,93)(H4,86,87,94)(H4,88,89,95)(H2,107,108,124). The Labute approximate surface area is 728 Å². The van der Waals surface area contributed by atoms with E-state index in [0.29, 0.717) is 31.2 Å². The highest BCUT2D eigenvalue weighted by molar-refractivity contribution is 8.00. The molecular formula is C74H132N34O16S. The Bertz CT molecular complexity index is 3780. The van der Waals surface area contributed by atoms with Gasteiger partial charge in [0.1, 0.15) is 66.2 Å². The van der Waals surface area contributed by atoms with Gasteiger partial charge in [-0.3, -0.25) is 90.0 Å². The number of guanidine groups is 6. The van der Waals surface area contributed by atoms with Crippen molar-refractivity contribution in [2.24, 2.45) is 51.6 Å². The van der Waals surface area contributed by atoms with E-state index in [1.807, 2.05) is 0 Å². The van der Waals surface area contributed by atoms with Crippen molar-refractivity contribution in [2.45, 2.75) is 238 Å². The minimum atomic E-state index is -1.76. The van der Waals surface area contributed by atoms with Gasteiger partial charge in [-0.15, -0.1) is 0 Å². The predicted octanol–water partition coefficient (Wildman–Crippen LogP) is -9.19. The Balaban J connectivity index is 2.00. The maximum absolute atomic E-state index is 14.9. The lowest BCUT2D eigenvalue weighted by molar-refractivity contribution is -0.142. The van der Waals surface area contributed by atoms with Gasteiger partial charge < -0.3 is 163 Å². The molecule has 0 radical (unpaired) electrons. The number of rotatable bonds is 64. The molecule has 0 spiro atoms. The predicted molar refractivity (Wildman–Crippen MR) is 465 cm³/mol. The third-order valence-corrected chi connectivity index (χ3v) is 21.2. The first kappa shape index (κ1) is 106. The Morgan fingerprint density at radius 3 is 1.03 bits per heavy atom. The summed E-state index contributed by atoms with van der Waals surface area (Å²) in [6.07, 6.45) is 0.515. The number of carboxylic acid groups (broad SMARTS) is 1. The van der Waals surface area contributed by atoms with Gasteiger partial charge in [0.2, 0.25) is 70.9 Å². The summed E-state index contributed by atoms with van der Waals surface area (Å²) in [5.41, 5.74) is 50.9. The molecule has 13 atom stereocenters. The number of carbonyl (C=O) groups excluding carboxylic acids is 13. The zero-order chi connectivity index (χ0) is 92.9. The molecule has 0 aliphatic carbocycles. The van der Waals surface area contributed by atoms with Crippen LogP contribution >= 0.6 is 11.8 Å². The molecule has 2 aliphatic heterocycles. The van der Waals surface area contributed by atoms with Gasteiger partial charge >= 0.3 is 12.0 Å². The van der Waals surface area contributed by atoms with Gasteiger partial charge in [0, 0.05) is 69.5 Å². The zero-order valence-electron chi connectivity index (χ0n) is 70.3. The van der Waals surface area contributed by atoms with Crippen LogP contribution in [0.25, 0.3) is 0 Å². The van der Waals surface area contributed by atoms with Crippen molar-refractivity contribution in [3.63, 3.8) is 0 Å². The normalized spacial score (nSPS) is 16.0. The third kappa shape index (κ3) is 45.3. The van der Waals surface area contributed by atoms with Crippen LogP contribution in [-0.2, 0) is 68.7 Å². The highest BCUT2D eigenvalue weighted by atomic mass is 32.2. The zero-order valence-corrected chi connectivity index (χ0v) is 71.1. The van der Waals surface area contributed by atoms with Crippen molar-refractivity contribution < 1.29 is 77.3 Å². The number of aromatic hydroxyl groups is 1. The molecule has 3 rings (SSSR count). The number of hydrogen-bond donors (Lipinski definition) is 36. The minimum absolute atomic E-state index is 0.00241. The molecule has 0 saturated carbocycles. The fourth-order valence-corrected chi connectivity index (χ4v) is 14.7. The summed E-state index contributed by atoms with van der Waals surface area (Å²) in [4.78, 5) is 195. The molecule has 45 N–H and O–H groups in total. The van der Waals surface area contributed by atoms with Crippen molar-refractivity contribution in [2.75, 3.05) is 64.7 Å². The second kappa shape index (κ2) is 59.1. The number of carboxylic acids is 1. The highest BCUT2D eigenvalue weighted by Crippen LogP contribution is 2.33. The molecule has 14 amide bonds. The number of carbonyl (C=O) groups is 14. The Kier molecular flexibility index (Phi) is 50.4. The second-order valence-electron chi connectivity index (χ2n) is 30.0. The molecule has 50 nitrogen and oxygen atoms in total. The lowest BCUT2D eigenvalue weighted by Gasteiger charge is -2.28. The van der Waals surface area contributed by atoms with E-state index in [0.717, 1.165) is 12.2 Å². The molecule has 51 heteroatoms. The van der Waals surface area contributed by atoms with Gasteiger partial charge in [-0.25, -0.2) is 9.59 Å². The van der Waals surface area contributed by atoms with Crippen LogP contribution in [0.15, 0.2) is 24.3 Å². The van der Waals surface area contributed by atoms with E-state index in [2.05, 4.69) is 101 Å². The minimum Gasteiger partial charge on any atom is -0.508 e. The molecule has 125 heavy (non-hydrogen) atoms. The summed E-state index contributed by atoms with van der Waals surface area (Å²) in [6, 6.07) is -9.59. The Morgan fingerprint density at radius 1 is 0.376 bits per heavy atom. The average molecular weight is 1790 g/mol. The SMILES string of the molecule is N=C(N)NCCCC(NC(=O)C(CCCNC(=N)N)NC(=O)C(CCCNC(=N)N)NC(=O)C(CCC(N)=O)NC(=O)C(CCCNC(=N)N)NC(=O)C(CCCNC(=N)N)NC(=O)C(CCCCN)NC(=O)C(CCCCN)NC(=O)C(CCCNC(=N)N)NC(=O)CNC(=O)C(Cc1ccc(O)cc1)NC(=O)CCCCC1SCC2NC(=O)NC21)C(=O)O. The molecule has 1 aromatic carbocycles. The molecule has 0 aromatic heterocycles. The number of hydrogen-bond acceptors (Lipinski definition) is 24. The number of benzene rings is 1. The van der Waals surface area contributed by atoms with Gasteiger partial charge in [0.05, 0.1) is 18.6 Å². The van der Waals surface area contributed by atoms with E-state index >= 15 is 0 Å². The Hall–Kier alpha value is -12.7. The smallest absolute Gasteiger partial charge is 0.326 e. The van der Waals surface area contributed by atoms with E-state index in [4.69, 9.17) is 84.1 Å². The number of urea groups is 1. The molecule has 2 aliphatic rings. The maximum atomic E-state index is 14.9. The summed E-state index contributed by atoms with van der Waals surface area (Å²) in [7, 11) is 0. The quantitative estimate of drug-likeness (QED) is 0.0125. The summed E-state index contributed by atoms with van der Waals surface area (Å²) in [5, 5.41) is 116. The van der Waals surface area contributed by atoms with E-state index in [1.165, 1.54) is 12.1 Å². The number of aliphatic carboxylic acids is 1. The van der Waals surface area contributed by atoms with Crippen molar-refractivity contribution in [3.05, 3.63) is 29.8 Å². The van der Waals surface area contributed by atoms with E-state index in [1.54, 1.807) is 23.9 Å². The van der Waals surface area contributed by atoms with E-state index < -0.39 is 186 Å². The van der Waals surface area contributed by atoms with Crippen molar-refractivity contribution >= 4 is 130 Å². The number of unbranched alkanes of at least 4 members (excludes halogenated alkanes) is 3. The van der Waals surface area contributed by atoms with Gasteiger partial charge in [-0.05, 0) is 166 Å². The van der Waals surface area contributed by atoms with Crippen LogP contribution in [-0.4, -0.2) is 271 Å². The van der Waals surface area contributed by atoms with Gasteiger partial charge in [-0.1, -0.05) is 18.6 Å². The average Bonchev–Trinajstić information content (AvgIpc) is 1.67. The van der Waals surface area contributed by atoms with E-state index in [-0.39, 0.29) is 203 Å². The largest absolute Gasteiger partial charge is 0.508 e. The fourth-order valence-electron chi connectivity index (χ4n) is 13.2. The van der Waals surface area contributed by atoms with Crippen LogP contribution in [0, 0.1) is 32.5 Å². The number of thioether (sulfide) groups is 1. The molecule has 13 unspecified atom stereocenters. The molecule has 1 aromatic rings. The molecule has 2 fully saturated rings. The molecule has 2 heterocycles. The molecule has 0 bridgehead atoms. The summed E-state index contributed by atoms with van der Waals surface area (Å²) in [5.74, 6) is -14.4. The first-order valence-electron chi connectivity index (χ1n) is 41.5. The van der Waals surface area contributed by atoms with Crippen LogP contribution < -0.4 is 153 Å². The Morgan fingerprint density at radius 2 is 0.696 bits per heavy atom. The number of phenolic OH excluding ortho intramolecular Hbond substituents is 1. The van der Waals surface area contributed by atoms with Crippen molar-refractivity contribution in [1.29, 1.82) is 32.5 Å². The number of amides is 14. The molecular weight excluding hydrogens is 1650 g/mol. The first-order chi connectivity index (χ1) is 59.4. The topological polar surface area (TPSA) is 885 Å². The van der Waals surface area contributed by atoms with Crippen molar-refractivity contribution in [1.82, 2.24) is 101 Å². The monoisotopic (exact) mass is 1790 g/mol. The van der Waals surface area contributed by atoms with Crippen LogP contribution in [0.2, 0.25) is 0 Å². The maximum Gasteiger partial charge on any atom is 0.326 e.